The molecule has 0 aliphatic heterocycles. The van der Waals surface area contributed by atoms with Gasteiger partial charge in [-0.05, 0) is 43.7 Å². The summed E-state index contributed by atoms with van der Waals surface area (Å²) in [5.74, 6) is -0.199. The van der Waals surface area contributed by atoms with Crippen molar-refractivity contribution < 1.29 is 4.39 Å². The molecule has 0 saturated heterocycles. The lowest BCUT2D eigenvalue weighted by atomic mass is 10.1. The molecule has 18 heavy (non-hydrogen) atoms. The molecule has 2 aromatic rings. The minimum atomic E-state index is -0.199. The molecule has 0 saturated carbocycles. The Kier molecular flexibility index (Phi) is 4.05. The quantitative estimate of drug-likeness (QED) is 0.891. The third-order valence-electron chi connectivity index (χ3n) is 2.88. The highest BCUT2D eigenvalue weighted by Gasteiger charge is 2.06. The Labute approximate surface area is 107 Å². The maximum absolute atomic E-state index is 13.1. The lowest BCUT2D eigenvalue weighted by molar-refractivity contribution is 0.559. The summed E-state index contributed by atoms with van der Waals surface area (Å²) < 4.78 is 13.1. The van der Waals surface area contributed by atoms with Gasteiger partial charge < -0.3 is 5.32 Å². The Morgan fingerprint density at radius 2 is 2.00 bits per heavy atom. The van der Waals surface area contributed by atoms with Gasteiger partial charge in [-0.15, -0.1) is 0 Å². The Bertz CT molecular complexity index is 525. The first-order chi connectivity index (χ1) is 8.65. The van der Waals surface area contributed by atoms with Crippen molar-refractivity contribution in [3.8, 4) is 0 Å². The van der Waals surface area contributed by atoms with E-state index in [2.05, 4.69) is 10.3 Å². The average Bonchev–Trinajstić information content (AvgIpc) is 2.36. The van der Waals surface area contributed by atoms with E-state index in [0.29, 0.717) is 6.54 Å². The monoisotopic (exact) mass is 244 g/mol. The molecule has 0 bridgehead atoms. The topological polar surface area (TPSA) is 24.9 Å². The van der Waals surface area contributed by atoms with E-state index in [0.717, 1.165) is 17.0 Å². The second-order valence-corrected chi connectivity index (χ2v) is 4.43. The first-order valence-electron chi connectivity index (χ1n) is 6.06. The van der Waals surface area contributed by atoms with Crippen molar-refractivity contribution in [1.82, 2.24) is 10.3 Å². The summed E-state index contributed by atoms with van der Waals surface area (Å²) in [7, 11) is 0. The maximum atomic E-state index is 13.1. The molecule has 2 nitrogen and oxygen atoms in total. The van der Waals surface area contributed by atoms with E-state index in [-0.39, 0.29) is 11.9 Å². The number of nitrogens with zero attached hydrogens (tertiary/aromatic N) is 1. The molecule has 0 aliphatic rings. The van der Waals surface area contributed by atoms with E-state index >= 15 is 0 Å². The highest BCUT2D eigenvalue weighted by molar-refractivity contribution is 5.19. The number of benzene rings is 1. The van der Waals surface area contributed by atoms with Gasteiger partial charge in [0.15, 0.2) is 0 Å². The fraction of sp³-hybridized carbons (Fsp3) is 0.267. The largest absolute Gasteiger partial charge is 0.305 e. The Morgan fingerprint density at radius 3 is 2.72 bits per heavy atom. The number of hydrogen-bond acceptors (Lipinski definition) is 2. The van der Waals surface area contributed by atoms with E-state index in [1.54, 1.807) is 12.1 Å². The van der Waals surface area contributed by atoms with Gasteiger partial charge in [-0.25, -0.2) is 4.39 Å². The van der Waals surface area contributed by atoms with E-state index in [1.165, 1.54) is 6.07 Å². The summed E-state index contributed by atoms with van der Waals surface area (Å²) in [5, 5.41) is 3.34. The first kappa shape index (κ1) is 12.7. The Balaban J connectivity index is 1.98. The third kappa shape index (κ3) is 3.37. The van der Waals surface area contributed by atoms with Crippen LogP contribution in [0.4, 0.5) is 4.39 Å². The molecular formula is C15H17FN2. The second kappa shape index (κ2) is 5.74. The molecule has 0 fully saturated rings. The molecular weight excluding hydrogens is 227 g/mol. The van der Waals surface area contributed by atoms with Crippen molar-refractivity contribution in [2.24, 2.45) is 0 Å². The smallest absolute Gasteiger partial charge is 0.123 e. The zero-order valence-electron chi connectivity index (χ0n) is 10.7. The molecule has 0 aliphatic carbocycles. The summed E-state index contributed by atoms with van der Waals surface area (Å²) in [6.45, 7) is 4.67. The number of hydrogen-bond donors (Lipinski definition) is 1. The van der Waals surface area contributed by atoms with Gasteiger partial charge >= 0.3 is 0 Å². The molecule has 1 atom stereocenters. The molecule has 1 aromatic heterocycles. The molecule has 2 rings (SSSR count). The second-order valence-electron chi connectivity index (χ2n) is 4.43. The number of pyridine rings is 1. The predicted molar refractivity (Wildman–Crippen MR) is 70.6 cm³/mol. The van der Waals surface area contributed by atoms with Crippen LogP contribution in [-0.2, 0) is 6.54 Å². The molecule has 1 aromatic carbocycles. The lowest BCUT2D eigenvalue weighted by Crippen LogP contribution is -2.19. The minimum Gasteiger partial charge on any atom is -0.305 e. The van der Waals surface area contributed by atoms with Gasteiger partial charge in [0.25, 0.3) is 0 Å². The minimum absolute atomic E-state index is 0.100. The fourth-order valence-corrected chi connectivity index (χ4v) is 1.85. The Morgan fingerprint density at radius 1 is 1.22 bits per heavy atom. The van der Waals surface area contributed by atoms with Crippen molar-refractivity contribution in [3.63, 3.8) is 0 Å². The fourth-order valence-electron chi connectivity index (χ4n) is 1.85. The van der Waals surface area contributed by atoms with Gasteiger partial charge in [0, 0.05) is 18.3 Å². The van der Waals surface area contributed by atoms with Crippen LogP contribution >= 0.6 is 0 Å². The van der Waals surface area contributed by atoms with Crippen LogP contribution in [-0.4, -0.2) is 4.98 Å². The number of rotatable bonds is 4. The van der Waals surface area contributed by atoms with Crippen LogP contribution in [0.1, 0.15) is 29.9 Å². The molecule has 94 valence electrons. The third-order valence-corrected chi connectivity index (χ3v) is 2.88. The van der Waals surface area contributed by atoms with Crippen LogP contribution < -0.4 is 5.32 Å². The molecule has 0 unspecified atom stereocenters. The molecule has 1 N–H and O–H groups in total. The molecule has 0 amide bonds. The number of aromatic nitrogens is 1. The summed E-state index contributed by atoms with van der Waals surface area (Å²) in [5.41, 5.74) is 2.95. The summed E-state index contributed by atoms with van der Waals surface area (Å²) in [6, 6.07) is 12.7. The van der Waals surface area contributed by atoms with Crippen LogP contribution in [0.15, 0.2) is 42.5 Å². The number of halogens is 1. The van der Waals surface area contributed by atoms with Crippen LogP contribution in [0, 0.1) is 12.7 Å². The molecule has 0 radical (unpaired) electrons. The van der Waals surface area contributed by atoms with Crippen molar-refractivity contribution in [1.29, 1.82) is 0 Å². The van der Waals surface area contributed by atoms with E-state index < -0.39 is 0 Å². The van der Waals surface area contributed by atoms with Crippen LogP contribution in [0.2, 0.25) is 0 Å². The van der Waals surface area contributed by atoms with Gasteiger partial charge in [-0.2, -0.15) is 0 Å². The average molecular weight is 244 g/mol. The van der Waals surface area contributed by atoms with Crippen LogP contribution in [0.3, 0.4) is 0 Å². The SMILES string of the molecule is Cc1cccc(CN[C@H](C)c2cccc(F)c2)n1. The normalized spacial score (nSPS) is 12.4. The highest BCUT2D eigenvalue weighted by Crippen LogP contribution is 2.13. The van der Waals surface area contributed by atoms with E-state index in [9.17, 15) is 4.39 Å². The van der Waals surface area contributed by atoms with Gasteiger partial charge in [0.2, 0.25) is 0 Å². The highest BCUT2D eigenvalue weighted by atomic mass is 19.1. The van der Waals surface area contributed by atoms with Gasteiger partial charge in [-0.1, -0.05) is 18.2 Å². The van der Waals surface area contributed by atoms with Gasteiger partial charge in [0.1, 0.15) is 5.82 Å². The van der Waals surface area contributed by atoms with Crippen molar-refractivity contribution in [2.75, 3.05) is 0 Å². The summed E-state index contributed by atoms with van der Waals surface area (Å²) >= 11 is 0. The van der Waals surface area contributed by atoms with Crippen molar-refractivity contribution >= 4 is 0 Å². The van der Waals surface area contributed by atoms with Gasteiger partial charge in [-0.3, -0.25) is 4.98 Å². The molecule has 1 heterocycles. The Hall–Kier alpha value is -1.74. The van der Waals surface area contributed by atoms with Crippen LogP contribution in [0.5, 0.6) is 0 Å². The maximum Gasteiger partial charge on any atom is 0.123 e. The number of nitrogens with one attached hydrogen (secondary N) is 1. The van der Waals surface area contributed by atoms with E-state index in [4.69, 9.17) is 0 Å². The van der Waals surface area contributed by atoms with Crippen molar-refractivity contribution in [2.45, 2.75) is 26.4 Å². The zero-order chi connectivity index (χ0) is 13.0. The standard InChI is InChI=1S/C15H17FN2/c1-11-5-3-8-15(18-11)10-17-12(2)13-6-4-7-14(16)9-13/h3-9,12,17H,10H2,1-2H3/t12-/m1/s1. The summed E-state index contributed by atoms with van der Waals surface area (Å²) in [4.78, 5) is 4.42. The van der Waals surface area contributed by atoms with Crippen molar-refractivity contribution in [3.05, 3.63) is 65.2 Å². The van der Waals surface area contributed by atoms with E-state index in [1.807, 2.05) is 38.1 Å². The van der Waals surface area contributed by atoms with Crippen LogP contribution in [0.25, 0.3) is 0 Å². The van der Waals surface area contributed by atoms with Gasteiger partial charge in [0.05, 0.1) is 5.69 Å². The molecule has 3 heteroatoms. The zero-order valence-corrected chi connectivity index (χ0v) is 10.7. The number of aryl methyl sites for hydroxylation is 1. The predicted octanol–water partition coefficient (Wildman–Crippen LogP) is 3.38. The first-order valence-corrected chi connectivity index (χ1v) is 6.06. The lowest BCUT2D eigenvalue weighted by Gasteiger charge is -2.14. The molecule has 0 spiro atoms. The summed E-state index contributed by atoms with van der Waals surface area (Å²) in [6.07, 6.45) is 0.